The van der Waals surface area contributed by atoms with E-state index in [1.54, 1.807) is 0 Å². The van der Waals surface area contributed by atoms with E-state index in [-0.39, 0.29) is 5.56 Å². The molecule has 2 aromatic carbocycles. The van der Waals surface area contributed by atoms with E-state index in [0.29, 0.717) is 5.39 Å². The van der Waals surface area contributed by atoms with Crippen LogP contribution in [0.4, 0.5) is 5.69 Å². The molecule has 0 unspecified atom stereocenters. The topological polar surface area (TPSA) is 61.0 Å². The Kier molecular flexibility index (Phi) is 6.02. The maximum atomic E-state index is 12.0. The summed E-state index contributed by atoms with van der Waals surface area (Å²) in [5, 5.41) is 12.0. The summed E-state index contributed by atoms with van der Waals surface area (Å²) in [6, 6.07) is 15.9. The van der Waals surface area contributed by atoms with E-state index >= 15 is 0 Å². The highest BCUT2D eigenvalue weighted by Gasteiger charge is 2.10. The normalized spacial score (nSPS) is 14.6. The minimum absolute atomic E-state index is 0.150. The maximum Gasteiger partial charge on any atom is 0.272 e. The Labute approximate surface area is 165 Å². The first-order chi connectivity index (χ1) is 13.8. The van der Waals surface area contributed by atoms with E-state index in [1.165, 1.54) is 51.7 Å². The number of H-pyrrole nitrogens is 1. The minimum atomic E-state index is -0.150. The van der Waals surface area contributed by atoms with Gasteiger partial charge in [0.25, 0.3) is 5.56 Å². The lowest BCUT2D eigenvalue weighted by molar-refractivity contribution is 0.329. The van der Waals surface area contributed by atoms with Crippen molar-refractivity contribution in [1.82, 2.24) is 15.1 Å². The Balaban J connectivity index is 1.36. The molecule has 28 heavy (non-hydrogen) atoms. The van der Waals surface area contributed by atoms with Gasteiger partial charge in [0.05, 0.1) is 11.1 Å². The Morgan fingerprint density at radius 2 is 1.79 bits per heavy atom. The molecular weight excluding hydrogens is 348 g/mol. The molecule has 0 radical (unpaired) electrons. The van der Waals surface area contributed by atoms with Gasteiger partial charge in [-0.05, 0) is 63.5 Å². The number of benzene rings is 2. The van der Waals surface area contributed by atoms with Crippen molar-refractivity contribution in [2.24, 2.45) is 0 Å². The van der Waals surface area contributed by atoms with Crippen molar-refractivity contribution >= 4 is 16.5 Å². The first-order valence-corrected chi connectivity index (χ1v) is 10.4. The van der Waals surface area contributed by atoms with Crippen molar-refractivity contribution in [3.63, 3.8) is 0 Å². The number of aromatic amines is 1. The molecule has 1 fully saturated rings. The molecule has 0 spiro atoms. The average Bonchev–Trinajstić information content (AvgIpc) is 3.25. The third kappa shape index (κ3) is 4.42. The summed E-state index contributed by atoms with van der Waals surface area (Å²) < 4.78 is 0. The molecule has 0 bridgehead atoms. The molecule has 146 valence electrons. The summed E-state index contributed by atoms with van der Waals surface area (Å²) in [6.07, 6.45) is 6.47. The number of nitrogens with one attached hydrogen (secondary N) is 2. The fourth-order valence-corrected chi connectivity index (χ4v) is 3.99. The second kappa shape index (κ2) is 9.02. The Morgan fingerprint density at radius 1 is 0.964 bits per heavy atom. The molecule has 1 aromatic heterocycles. The van der Waals surface area contributed by atoms with Crippen molar-refractivity contribution in [1.29, 1.82) is 0 Å². The third-order valence-electron chi connectivity index (χ3n) is 5.51. The number of aromatic nitrogens is 2. The summed E-state index contributed by atoms with van der Waals surface area (Å²) in [5.74, 6) is 0. The zero-order valence-corrected chi connectivity index (χ0v) is 16.3. The molecular formula is C23H28N4O. The van der Waals surface area contributed by atoms with Crippen LogP contribution in [-0.4, -0.2) is 41.3 Å². The minimum Gasteiger partial charge on any atom is -0.385 e. The predicted octanol–water partition coefficient (Wildman–Crippen LogP) is 4.27. The quantitative estimate of drug-likeness (QED) is 0.577. The Bertz CT molecular complexity index is 975. The molecule has 0 saturated carbocycles. The van der Waals surface area contributed by atoms with Crippen LogP contribution in [0.15, 0.2) is 53.3 Å². The van der Waals surface area contributed by atoms with E-state index < -0.39 is 0 Å². The first kappa shape index (κ1) is 18.7. The van der Waals surface area contributed by atoms with Crippen LogP contribution in [0.5, 0.6) is 0 Å². The number of hydrogen-bond acceptors (Lipinski definition) is 4. The highest BCUT2D eigenvalue weighted by atomic mass is 16.1. The maximum absolute atomic E-state index is 12.0. The third-order valence-corrected chi connectivity index (χ3v) is 5.51. The van der Waals surface area contributed by atoms with E-state index in [4.69, 9.17) is 0 Å². The number of rotatable bonds is 8. The molecule has 2 heterocycles. The molecule has 0 amide bonds. The number of fused-ring (bicyclic) bond motifs is 1. The molecule has 0 aliphatic carbocycles. The van der Waals surface area contributed by atoms with Crippen molar-refractivity contribution in [2.45, 2.75) is 32.1 Å². The van der Waals surface area contributed by atoms with Gasteiger partial charge in [0, 0.05) is 23.2 Å². The van der Waals surface area contributed by atoms with Gasteiger partial charge >= 0.3 is 0 Å². The molecule has 1 saturated heterocycles. The number of anilines is 1. The molecule has 2 N–H and O–H groups in total. The van der Waals surface area contributed by atoms with Gasteiger partial charge in [-0.25, -0.2) is 5.10 Å². The second-order valence-electron chi connectivity index (χ2n) is 7.56. The van der Waals surface area contributed by atoms with Crippen LogP contribution >= 0.6 is 0 Å². The highest BCUT2D eigenvalue weighted by molar-refractivity contribution is 5.94. The van der Waals surface area contributed by atoms with Gasteiger partial charge < -0.3 is 10.2 Å². The average molecular weight is 377 g/mol. The van der Waals surface area contributed by atoms with Crippen molar-refractivity contribution in [3.8, 4) is 11.3 Å². The molecule has 1 aliphatic heterocycles. The van der Waals surface area contributed by atoms with Gasteiger partial charge in [-0.1, -0.05) is 36.8 Å². The van der Waals surface area contributed by atoms with Crippen LogP contribution in [-0.2, 0) is 0 Å². The summed E-state index contributed by atoms with van der Waals surface area (Å²) in [6.45, 7) is 4.81. The van der Waals surface area contributed by atoms with E-state index in [2.05, 4.69) is 32.5 Å². The Hall–Kier alpha value is -2.66. The monoisotopic (exact) mass is 376 g/mol. The SMILES string of the molecule is O=c1[nH]nc(-c2cccc(NCCCCCN3CCCC3)c2)c2ccccc12. The summed E-state index contributed by atoms with van der Waals surface area (Å²) >= 11 is 0. The first-order valence-electron chi connectivity index (χ1n) is 10.4. The van der Waals surface area contributed by atoms with Gasteiger partial charge in [-0.2, -0.15) is 5.10 Å². The fraction of sp³-hybridized carbons (Fsp3) is 0.391. The van der Waals surface area contributed by atoms with Gasteiger partial charge in [-0.15, -0.1) is 0 Å². The summed E-state index contributed by atoms with van der Waals surface area (Å²) in [7, 11) is 0. The van der Waals surface area contributed by atoms with E-state index in [0.717, 1.165) is 28.9 Å². The van der Waals surface area contributed by atoms with Crippen LogP contribution in [0.2, 0.25) is 0 Å². The second-order valence-corrected chi connectivity index (χ2v) is 7.56. The van der Waals surface area contributed by atoms with Gasteiger partial charge in [0.15, 0.2) is 0 Å². The van der Waals surface area contributed by atoms with Crippen LogP contribution in [0.3, 0.4) is 0 Å². The lowest BCUT2D eigenvalue weighted by Crippen LogP contribution is -2.20. The Morgan fingerprint density at radius 3 is 2.64 bits per heavy atom. The van der Waals surface area contributed by atoms with Gasteiger partial charge in [0.1, 0.15) is 0 Å². The smallest absolute Gasteiger partial charge is 0.272 e. The van der Waals surface area contributed by atoms with E-state index in [1.807, 2.05) is 36.4 Å². The number of likely N-dealkylation sites (tertiary alicyclic amines) is 1. The lowest BCUT2D eigenvalue weighted by atomic mass is 10.0. The van der Waals surface area contributed by atoms with Crippen LogP contribution in [0.25, 0.3) is 22.0 Å². The largest absolute Gasteiger partial charge is 0.385 e. The van der Waals surface area contributed by atoms with Gasteiger partial charge in [-0.3, -0.25) is 4.79 Å². The van der Waals surface area contributed by atoms with E-state index in [9.17, 15) is 4.79 Å². The lowest BCUT2D eigenvalue weighted by Gasteiger charge is -2.14. The van der Waals surface area contributed by atoms with Crippen molar-refractivity contribution < 1.29 is 0 Å². The summed E-state index contributed by atoms with van der Waals surface area (Å²) in [5.41, 5.74) is 2.76. The summed E-state index contributed by atoms with van der Waals surface area (Å²) in [4.78, 5) is 14.6. The molecule has 1 aliphatic rings. The predicted molar refractivity (Wildman–Crippen MR) is 116 cm³/mol. The number of unbranched alkanes of at least 4 members (excludes halogenated alkanes) is 2. The zero-order chi connectivity index (χ0) is 19.2. The highest BCUT2D eigenvalue weighted by Crippen LogP contribution is 2.26. The van der Waals surface area contributed by atoms with Gasteiger partial charge in [0.2, 0.25) is 0 Å². The van der Waals surface area contributed by atoms with Crippen molar-refractivity contribution in [3.05, 3.63) is 58.9 Å². The number of hydrogen-bond donors (Lipinski definition) is 2. The van der Waals surface area contributed by atoms with Crippen LogP contribution < -0.4 is 10.9 Å². The molecule has 4 rings (SSSR count). The van der Waals surface area contributed by atoms with Crippen LogP contribution in [0.1, 0.15) is 32.1 Å². The zero-order valence-electron chi connectivity index (χ0n) is 16.3. The fourth-order valence-electron chi connectivity index (χ4n) is 3.99. The molecule has 5 heteroatoms. The number of nitrogens with zero attached hydrogens (tertiary/aromatic N) is 2. The van der Waals surface area contributed by atoms with Crippen molar-refractivity contribution in [2.75, 3.05) is 31.5 Å². The molecule has 3 aromatic rings. The standard InChI is InChI=1S/C23H28N4O/c28-23-21-12-3-2-11-20(21)22(25-26-23)18-9-8-10-19(17-18)24-13-4-1-5-14-27-15-6-7-16-27/h2-3,8-12,17,24H,1,4-7,13-16H2,(H,26,28). The van der Waals surface area contributed by atoms with Crippen LogP contribution in [0, 0.1) is 0 Å². The molecule has 0 atom stereocenters. The molecule has 5 nitrogen and oxygen atoms in total.